The van der Waals surface area contributed by atoms with Gasteiger partial charge in [0.15, 0.2) is 0 Å². The molecule has 0 heterocycles. The number of halogens is 1. The molecule has 0 radical (unpaired) electrons. The molecule has 0 saturated heterocycles. The molecule has 1 aromatic rings. The van der Waals surface area contributed by atoms with Crippen LogP contribution < -0.4 is 10.5 Å². The Hall–Kier alpha value is -1.26. The van der Waals surface area contributed by atoms with Crippen molar-refractivity contribution in [2.45, 2.75) is 39.7 Å². The maximum atomic E-state index is 12.1. The first-order valence-electron chi connectivity index (χ1n) is 7.60. The van der Waals surface area contributed by atoms with E-state index in [-0.39, 0.29) is 18.3 Å². The summed E-state index contributed by atoms with van der Waals surface area (Å²) in [7, 11) is 1.80. The molecule has 0 aliphatic carbocycles. The molecule has 0 bridgehead atoms. The Morgan fingerprint density at radius 3 is 2.55 bits per heavy atom. The van der Waals surface area contributed by atoms with Crippen LogP contribution in [0.15, 0.2) is 24.3 Å². The molecule has 0 aliphatic heterocycles. The molecule has 5 heteroatoms. The van der Waals surface area contributed by atoms with E-state index in [1.54, 1.807) is 11.9 Å². The van der Waals surface area contributed by atoms with E-state index in [0.717, 1.165) is 24.2 Å². The van der Waals surface area contributed by atoms with Gasteiger partial charge in [-0.3, -0.25) is 4.79 Å². The molecule has 0 aliphatic rings. The van der Waals surface area contributed by atoms with Gasteiger partial charge >= 0.3 is 0 Å². The van der Waals surface area contributed by atoms with Gasteiger partial charge in [0, 0.05) is 13.6 Å². The molecule has 1 atom stereocenters. The van der Waals surface area contributed by atoms with E-state index >= 15 is 0 Å². The minimum Gasteiger partial charge on any atom is -0.493 e. The van der Waals surface area contributed by atoms with Crippen molar-refractivity contribution in [3.8, 4) is 5.75 Å². The first kappa shape index (κ1) is 20.7. The van der Waals surface area contributed by atoms with E-state index in [0.29, 0.717) is 19.1 Å². The summed E-state index contributed by atoms with van der Waals surface area (Å²) in [5, 5.41) is 0. The van der Waals surface area contributed by atoms with Gasteiger partial charge in [0.05, 0.1) is 12.6 Å². The number of rotatable bonds is 8. The summed E-state index contributed by atoms with van der Waals surface area (Å²) in [6.07, 6.45) is 1.52. The zero-order chi connectivity index (χ0) is 15.8. The third-order valence-electron chi connectivity index (χ3n) is 3.41. The molecular weight excluding hydrogens is 300 g/mol. The Balaban J connectivity index is 0.00000441. The van der Waals surface area contributed by atoms with Crippen LogP contribution in [0.2, 0.25) is 0 Å². The second kappa shape index (κ2) is 10.5. The predicted molar refractivity (Wildman–Crippen MR) is 93.6 cm³/mol. The summed E-state index contributed by atoms with van der Waals surface area (Å²) >= 11 is 0. The van der Waals surface area contributed by atoms with E-state index in [2.05, 4.69) is 13.8 Å². The molecule has 0 unspecified atom stereocenters. The second-order valence-electron chi connectivity index (χ2n) is 5.96. The Kier molecular flexibility index (Phi) is 9.86. The predicted octanol–water partition coefficient (Wildman–Crippen LogP) is 3.02. The molecule has 1 aromatic carbocycles. The van der Waals surface area contributed by atoms with Crippen LogP contribution in [0, 0.1) is 12.8 Å². The lowest BCUT2D eigenvalue weighted by Gasteiger charge is -2.22. The lowest BCUT2D eigenvalue weighted by atomic mass is 10.0. The first-order valence-corrected chi connectivity index (χ1v) is 7.60. The van der Waals surface area contributed by atoms with Gasteiger partial charge < -0.3 is 15.4 Å². The Bertz CT molecular complexity index is 452. The van der Waals surface area contributed by atoms with Crippen LogP contribution in [-0.2, 0) is 4.79 Å². The topological polar surface area (TPSA) is 55.6 Å². The highest BCUT2D eigenvalue weighted by molar-refractivity contribution is 5.85. The molecule has 1 amide bonds. The normalized spacial score (nSPS) is 11.7. The highest BCUT2D eigenvalue weighted by atomic mass is 35.5. The SMILES string of the molecule is Cc1ccccc1OCCCN(C)C(=O)[C@@H](N)CC(C)C.Cl. The van der Waals surface area contributed by atoms with Gasteiger partial charge in [-0.05, 0) is 37.3 Å². The molecule has 1 rings (SSSR count). The number of carbonyl (C=O) groups is 1. The summed E-state index contributed by atoms with van der Waals surface area (Å²) in [6.45, 7) is 7.43. The molecular formula is C17H29ClN2O2. The van der Waals surface area contributed by atoms with Crippen LogP contribution in [0.1, 0.15) is 32.3 Å². The molecule has 0 saturated carbocycles. The largest absolute Gasteiger partial charge is 0.493 e. The Morgan fingerprint density at radius 2 is 1.95 bits per heavy atom. The fraction of sp³-hybridized carbons (Fsp3) is 0.588. The average Bonchev–Trinajstić information content (AvgIpc) is 2.43. The van der Waals surface area contributed by atoms with Crippen molar-refractivity contribution in [2.24, 2.45) is 11.7 Å². The van der Waals surface area contributed by atoms with Crippen LogP contribution in [0.3, 0.4) is 0 Å². The minimum atomic E-state index is -0.396. The highest BCUT2D eigenvalue weighted by Crippen LogP contribution is 2.16. The number of hydrogen-bond donors (Lipinski definition) is 1. The van der Waals surface area contributed by atoms with Crippen molar-refractivity contribution in [3.63, 3.8) is 0 Å². The fourth-order valence-corrected chi connectivity index (χ4v) is 2.20. The van der Waals surface area contributed by atoms with Crippen LogP contribution >= 0.6 is 12.4 Å². The summed E-state index contributed by atoms with van der Waals surface area (Å²) in [5.74, 6) is 1.35. The van der Waals surface area contributed by atoms with Gasteiger partial charge in [-0.15, -0.1) is 12.4 Å². The summed E-state index contributed by atoms with van der Waals surface area (Å²) in [4.78, 5) is 13.8. The van der Waals surface area contributed by atoms with Crippen molar-refractivity contribution < 1.29 is 9.53 Å². The molecule has 2 N–H and O–H groups in total. The summed E-state index contributed by atoms with van der Waals surface area (Å²) in [5.41, 5.74) is 7.04. The molecule has 0 spiro atoms. The van der Waals surface area contributed by atoms with Crippen molar-refractivity contribution in [1.29, 1.82) is 0 Å². The third kappa shape index (κ3) is 7.14. The van der Waals surface area contributed by atoms with E-state index in [9.17, 15) is 4.79 Å². The van der Waals surface area contributed by atoms with Gasteiger partial charge in [-0.1, -0.05) is 32.0 Å². The van der Waals surface area contributed by atoms with Gasteiger partial charge in [0.25, 0.3) is 0 Å². The average molecular weight is 329 g/mol. The maximum Gasteiger partial charge on any atom is 0.239 e. The molecule has 4 nitrogen and oxygen atoms in total. The third-order valence-corrected chi connectivity index (χ3v) is 3.41. The molecule has 0 fully saturated rings. The number of hydrogen-bond acceptors (Lipinski definition) is 3. The molecule has 0 aromatic heterocycles. The number of nitrogens with zero attached hydrogens (tertiary/aromatic N) is 1. The number of carbonyl (C=O) groups excluding carboxylic acids is 1. The standard InChI is InChI=1S/C17H28N2O2.ClH/c1-13(2)12-15(18)17(20)19(4)10-7-11-21-16-9-6-5-8-14(16)3;/h5-6,8-9,13,15H,7,10-12,18H2,1-4H3;1H/t15-;/m0./s1. The zero-order valence-electron chi connectivity index (χ0n) is 14.0. The number of benzene rings is 1. The quantitative estimate of drug-likeness (QED) is 0.746. The van der Waals surface area contributed by atoms with Crippen molar-refractivity contribution >= 4 is 18.3 Å². The van der Waals surface area contributed by atoms with Gasteiger partial charge in [0.2, 0.25) is 5.91 Å². The number of para-hydroxylation sites is 1. The van der Waals surface area contributed by atoms with E-state index < -0.39 is 6.04 Å². The lowest BCUT2D eigenvalue weighted by molar-refractivity contribution is -0.131. The number of aryl methyl sites for hydroxylation is 1. The van der Waals surface area contributed by atoms with Gasteiger partial charge in [0.1, 0.15) is 5.75 Å². The van der Waals surface area contributed by atoms with Crippen LogP contribution in [-0.4, -0.2) is 37.0 Å². The van der Waals surface area contributed by atoms with Crippen LogP contribution in [0.5, 0.6) is 5.75 Å². The number of amides is 1. The Morgan fingerprint density at radius 1 is 1.32 bits per heavy atom. The summed E-state index contributed by atoms with van der Waals surface area (Å²) in [6, 6.07) is 7.54. The van der Waals surface area contributed by atoms with Crippen molar-refractivity contribution in [2.75, 3.05) is 20.2 Å². The van der Waals surface area contributed by atoms with E-state index in [1.807, 2.05) is 31.2 Å². The maximum absolute atomic E-state index is 12.1. The zero-order valence-corrected chi connectivity index (χ0v) is 14.9. The number of nitrogens with two attached hydrogens (primary N) is 1. The first-order chi connectivity index (χ1) is 9.91. The van der Waals surface area contributed by atoms with E-state index in [4.69, 9.17) is 10.5 Å². The van der Waals surface area contributed by atoms with E-state index in [1.165, 1.54) is 0 Å². The second-order valence-corrected chi connectivity index (χ2v) is 5.96. The molecule has 126 valence electrons. The van der Waals surface area contributed by atoms with Crippen LogP contribution in [0.25, 0.3) is 0 Å². The van der Waals surface area contributed by atoms with Gasteiger partial charge in [-0.2, -0.15) is 0 Å². The lowest BCUT2D eigenvalue weighted by Crippen LogP contribution is -2.43. The number of likely N-dealkylation sites (N-methyl/N-ethyl adjacent to an activating group) is 1. The van der Waals surface area contributed by atoms with Crippen molar-refractivity contribution in [3.05, 3.63) is 29.8 Å². The summed E-state index contributed by atoms with van der Waals surface area (Å²) < 4.78 is 5.72. The monoisotopic (exact) mass is 328 g/mol. The van der Waals surface area contributed by atoms with Crippen LogP contribution in [0.4, 0.5) is 0 Å². The smallest absolute Gasteiger partial charge is 0.239 e. The van der Waals surface area contributed by atoms with Crippen molar-refractivity contribution in [1.82, 2.24) is 4.90 Å². The Labute approximate surface area is 140 Å². The fourth-order valence-electron chi connectivity index (χ4n) is 2.20. The number of ether oxygens (including phenoxy) is 1. The molecule has 22 heavy (non-hydrogen) atoms. The van der Waals surface area contributed by atoms with Gasteiger partial charge in [-0.25, -0.2) is 0 Å². The highest BCUT2D eigenvalue weighted by Gasteiger charge is 2.18. The minimum absolute atomic E-state index is 0.